The van der Waals surface area contributed by atoms with Crippen molar-refractivity contribution in [2.45, 2.75) is 19.5 Å². The molecule has 4 heteroatoms. The van der Waals surface area contributed by atoms with Crippen LogP contribution in [0.3, 0.4) is 0 Å². The Bertz CT molecular complexity index is 482. The van der Waals surface area contributed by atoms with Crippen molar-refractivity contribution in [3.05, 3.63) is 58.3 Å². The van der Waals surface area contributed by atoms with Crippen LogP contribution in [0, 0.1) is 0 Å². The fourth-order valence-corrected chi connectivity index (χ4v) is 2.37. The zero-order chi connectivity index (χ0) is 12.8. The summed E-state index contributed by atoms with van der Waals surface area (Å²) < 4.78 is 0. The monoisotopic (exact) mass is 260 g/mol. The summed E-state index contributed by atoms with van der Waals surface area (Å²) >= 11 is 1.64. The lowest BCUT2D eigenvalue weighted by atomic mass is 10.2. The van der Waals surface area contributed by atoms with E-state index in [0.29, 0.717) is 6.54 Å². The highest BCUT2D eigenvalue weighted by Gasteiger charge is 2.09. The Balaban J connectivity index is 1.79. The molecular weight excluding hydrogens is 244 g/mol. The number of hydrogen-bond acceptors (Lipinski definition) is 2. The third-order valence-corrected chi connectivity index (χ3v) is 3.67. The summed E-state index contributed by atoms with van der Waals surface area (Å²) in [7, 11) is 0. The molecule has 2 amide bonds. The number of nitrogens with one attached hydrogen (secondary N) is 2. The van der Waals surface area contributed by atoms with Gasteiger partial charge in [-0.3, -0.25) is 0 Å². The van der Waals surface area contributed by atoms with E-state index in [4.69, 9.17) is 0 Å². The second-order valence-electron chi connectivity index (χ2n) is 4.05. The summed E-state index contributed by atoms with van der Waals surface area (Å²) in [5.41, 5.74) is 1.09. The number of carbonyl (C=O) groups is 1. The minimum absolute atomic E-state index is 0.0424. The number of thiophene rings is 1. The van der Waals surface area contributed by atoms with Crippen molar-refractivity contribution in [3.63, 3.8) is 0 Å². The van der Waals surface area contributed by atoms with Gasteiger partial charge in [-0.25, -0.2) is 4.79 Å². The van der Waals surface area contributed by atoms with Gasteiger partial charge in [-0.2, -0.15) is 0 Å². The normalized spacial score (nSPS) is 11.8. The van der Waals surface area contributed by atoms with Gasteiger partial charge < -0.3 is 10.6 Å². The zero-order valence-electron chi connectivity index (χ0n) is 10.2. The Morgan fingerprint density at radius 1 is 1.22 bits per heavy atom. The molecule has 0 aliphatic carbocycles. The van der Waals surface area contributed by atoms with Gasteiger partial charge in [0.1, 0.15) is 0 Å². The van der Waals surface area contributed by atoms with E-state index in [1.54, 1.807) is 11.3 Å². The number of benzene rings is 1. The summed E-state index contributed by atoms with van der Waals surface area (Å²) in [4.78, 5) is 12.9. The maximum atomic E-state index is 11.7. The molecule has 18 heavy (non-hydrogen) atoms. The lowest BCUT2D eigenvalue weighted by molar-refractivity contribution is 0.237. The maximum Gasteiger partial charge on any atom is 0.315 e. The van der Waals surface area contributed by atoms with E-state index < -0.39 is 0 Å². The fraction of sp³-hybridized carbons (Fsp3) is 0.214. The first kappa shape index (κ1) is 12.6. The quantitative estimate of drug-likeness (QED) is 0.870. The summed E-state index contributed by atoms with van der Waals surface area (Å²) in [6, 6.07) is 13.8. The van der Waals surface area contributed by atoms with E-state index in [1.165, 1.54) is 0 Å². The summed E-state index contributed by atoms with van der Waals surface area (Å²) in [6.07, 6.45) is 0. The highest BCUT2D eigenvalue weighted by atomic mass is 32.1. The van der Waals surface area contributed by atoms with Crippen molar-refractivity contribution in [1.82, 2.24) is 10.6 Å². The molecule has 2 rings (SSSR count). The molecule has 0 aliphatic heterocycles. The average Bonchev–Trinajstić information content (AvgIpc) is 2.91. The molecule has 1 heterocycles. The lowest BCUT2D eigenvalue weighted by Crippen LogP contribution is -2.36. The van der Waals surface area contributed by atoms with E-state index in [1.807, 2.05) is 54.8 Å². The van der Waals surface area contributed by atoms with Crippen molar-refractivity contribution in [2.75, 3.05) is 0 Å². The summed E-state index contributed by atoms with van der Waals surface area (Å²) in [5.74, 6) is 0. The van der Waals surface area contributed by atoms with Crippen LogP contribution in [0.5, 0.6) is 0 Å². The molecule has 3 nitrogen and oxygen atoms in total. The van der Waals surface area contributed by atoms with Gasteiger partial charge in [0.25, 0.3) is 0 Å². The Labute approximate surface area is 111 Å². The smallest absolute Gasteiger partial charge is 0.315 e. The van der Waals surface area contributed by atoms with Crippen LogP contribution < -0.4 is 10.6 Å². The largest absolute Gasteiger partial charge is 0.334 e. The molecule has 94 valence electrons. The molecule has 0 saturated heterocycles. The van der Waals surface area contributed by atoms with Gasteiger partial charge in [0.05, 0.1) is 6.04 Å². The highest BCUT2D eigenvalue weighted by Crippen LogP contribution is 2.17. The second-order valence-corrected chi connectivity index (χ2v) is 5.03. The van der Waals surface area contributed by atoms with Crippen LogP contribution in [0.4, 0.5) is 4.79 Å². The van der Waals surface area contributed by atoms with Gasteiger partial charge in [-0.1, -0.05) is 36.4 Å². The van der Waals surface area contributed by atoms with Crippen molar-refractivity contribution in [3.8, 4) is 0 Å². The molecular formula is C14H16N2OS. The lowest BCUT2D eigenvalue weighted by Gasteiger charge is -2.13. The summed E-state index contributed by atoms with van der Waals surface area (Å²) in [6.45, 7) is 2.53. The van der Waals surface area contributed by atoms with Gasteiger partial charge in [0.2, 0.25) is 0 Å². The molecule has 0 bridgehead atoms. The highest BCUT2D eigenvalue weighted by molar-refractivity contribution is 7.10. The Morgan fingerprint density at radius 3 is 2.67 bits per heavy atom. The first-order valence-corrected chi connectivity index (χ1v) is 6.75. The topological polar surface area (TPSA) is 41.1 Å². The fourth-order valence-electron chi connectivity index (χ4n) is 1.63. The van der Waals surface area contributed by atoms with Gasteiger partial charge in [0, 0.05) is 11.4 Å². The average molecular weight is 260 g/mol. The molecule has 0 radical (unpaired) electrons. The molecule has 0 saturated carbocycles. The van der Waals surface area contributed by atoms with Crippen molar-refractivity contribution in [2.24, 2.45) is 0 Å². The molecule has 1 aromatic carbocycles. The minimum Gasteiger partial charge on any atom is -0.334 e. The molecule has 1 atom stereocenters. The van der Waals surface area contributed by atoms with Crippen LogP contribution in [0.2, 0.25) is 0 Å². The van der Waals surface area contributed by atoms with Crippen LogP contribution >= 0.6 is 11.3 Å². The van der Waals surface area contributed by atoms with Gasteiger partial charge in [-0.05, 0) is 23.9 Å². The van der Waals surface area contributed by atoms with E-state index in [9.17, 15) is 4.79 Å². The van der Waals surface area contributed by atoms with Crippen LogP contribution in [-0.2, 0) is 6.54 Å². The summed E-state index contributed by atoms with van der Waals surface area (Å²) in [5, 5.41) is 7.77. The minimum atomic E-state index is -0.139. The van der Waals surface area contributed by atoms with E-state index >= 15 is 0 Å². The van der Waals surface area contributed by atoms with Crippen LogP contribution in [0.1, 0.15) is 23.4 Å². The first-order chi connectivity index (χ1) is 8.75. The standard InChI is InChI=1S/C14H16N2OS/c1-11(13-8-5-9-18-13)16-14(17)15-10-12-6-3-2-4-7-12/h2-9,11H,10H2,1H3,(H2,15,16,17)/t11-/m0/s1. The zero-order valence-corrected chi connectivity index (χ0v) is 11.0. The predicted octanol–water partition coefficient (Wildman–Crippen LogP) is 3.31. The number of carbonyl (C=O) groups excluding carboxylic acids is 1. The third-order valence-electron chi connectivity index (χ3n) is 2.61. The molecule has 1 aromatic heterocycles. The van der Waals surface area contributed by atoms with E-state index in [-0.39, 0.29) is 12.1 Å². The maximum absolute atomic E-state index is 11.7. The molecule has 0 fully saturated rings. The Hall–Kier alpha value is -1.81. The van der Waals surface area contributed by atoms with Crippen molar-refractivity contribution in [1.29, 1.82) is 0 Å². The van der Waals surface area contributed by atoms with Gasteiger partial charge in [-0.15, -0.1) is 11.3 Å². The second kappa shape index (κ2) is 6.21. The molecule has 2 N–H and O–H groups in total. The van der Waals surface area contributed by atoms with Crippen molar-refractivity contribution < 1.29 is 4.79 Å². The third kappa shape index (κ3) is 3.60. The number of amides is 2. The number of urea groups is 1. The van der Waals surface area contributed by atoms with E-state index in [0.717, 1.165) is 10.4 Å². The Morgan fingerprint density at radius 2 is 2.00 bits per heavy atom. The molecule has 0 unspecified atom stereocenters. The molecule has 0 aliphatic rings. The first-order valence-electron chi connectivity index (χ1n) is 5.87. The predicted molar refractivity (Wildman–Crippen MR) is 74.5 cm³/mol. The van der Waals surface area contributed by atoms with Gasteiger partial charge >= 0.3 is 6.03 Å². The van der Waals surface area contributed by atoms with Crippen LogP contribution in [-0.4, -0.2) is 6.03 Å². The molecule has 0 spiro atoms. The Kier molecular flexibility index (Phi) is 4.36. The SMILES string of the molecule is C[C@H](NC(=O)NCc1ccccc1)c1cccs1. The van der Waals surface area contributed by atoms with Gasteiger partial charge in [0.15, 0.2) is 0 Å². The van der Waals surface area contributed by atoms with E-state index in [2.05, 4.69) is 10.6 Å². The number of rotatable bonds is 4. The van der Waals surface area contributed by atoms with Crippen LogP contribution in [0.25, 0.3) is 0 Å². The molecule has 2 aromatic rings. The van der Waals surface area contributed by atoms with Crippen molar-refractivity contribution >= 4 is 17.4 Å². The number of hydrogen-bond donors (Lipinski definition) is 2. The van der Waals surface area contributed by atoms with Crippen LogP contribution in [0.15, 0.2) is 47.8 Å².